The van der Waals surface area contributed by atoms with Crippen LogP contribution < -0.4 is 5.32 Å². The average molecular weight is 520 g/mol. The van der Waals surface area contributed by atoms with E-state index in [0.717, 1.165) is 46.1 Å². The minimum absolute atomic E-state index is 0.250. The molecule has 1 atom stereocenters. The quantitative estimate of drug-likeness (QED) is 0.270. The molecule has 1 unspecified atom stereocenters. The van der Waals surface area contributed by atoms with Gasteiger partial charge < -0.3 is 14.8 Å². The number of carbonyl (C=O) groups excluding carboxylic acids is 1. The van der Waals surface area contributed by atoms with Gasteiger partial charge in [0.05, 0.1) is 29.7 Å². The van der Waals surface area contributed by atoms with Crippen LogP contribution in [0.2, 0.25) is 0 Å². The van der Waals surface area contributed by atoms with Crippen molar-refractivity contribution in [2.45, 2.75) is 39.3 Å². The van der Waals surface area contributed by atoms with Gasteiger partial charge in [0.1, 0.15) is 11.6 Å². The molecule has 7 heteroatoms. The van der Waals surface area contributed by atoms with Crippen molar-refractivity contribution in [1.82, 2.24) is 19.2 Å². The van der Waals surface area contributed by atoms with Crippen LogP contribution in [0.1, 0.15) is 48.0 Å². The molecular formula is C32H30FN5O. The maximum atomic E-state index is 14.6. The van der Waals surface area contributed by atoms with Gasteiger partial charge in [-0.2, -0.15) is 5.10 Å². The molecule has 0 saturated heterocycles. The predicted molar refractivity (Wildman–Crippen MR) is 151 cm³/mol. The Bertz CT molecular complexity index is 1640. The van der Waals surface area contributed by atoms with Gasteiger partial charge in [-0.15, -0.1) is 0 Å². The van der Waals surface area contributed by atoms with Crippen molar-refractivity contribution < 1.29 is 9.18 Å². The van der Waals surface area contributed by atoms with Crippen LogP contribution in [0.5, 0.6) is 0 Å². The number of halogens is 1. The molecular weight excluding hydrogens is 489 g/mol. The van der Waals surface area contributed by atoms with Crippen LogP contribution in [0.15, 0.2) is 97.2 Å². The minimum atomic E-state index is -0.522. The fourth-order valence-corrected chi connectivity index (χ4v) is 5.51. The normalized spacial score (nSPS) is 14.4. The number of benzene rings is 3. The monoisotopic (exact) mass is 519 g/mol. The number of rotatable bonds is 5. The van der Waals surface area contributed by atoms with E-state index in [2.05, 4.69) is 23.7 Å². The van der Waals surface area contributed by atoms with Gasteiger partial charge in [-0.1, -0.05) is 62.4 Å². The Morgan fingerprint density at radius 1 is 0.949 bits per heavy atom. The maximum Gasteiger partial charge on any atom is 0.322 e. The summed E-state index contributed by atoms with van der Waals surface area (Å²) in [6.45, 7) is 4.46. The summed E-state index contributed by atoms with van der Waals surface area (Å²) in [7, 11) is 0. The highest BCUT2D eigenvalue weighted by Gasteiger charge is 2.36. The molecule has 0 aliphatic carbocycles. The highest BCUT2D eigenvalue weighted by molar-refractivity contribution is 5.91. The standard InChI is InChI=1S/C32H30FN5O/c1-3-22-12-8-9-17-28(22)34-32(39)37-21-26-27(4-2)35-38(25-15-6-5-7-16-25)31(26)36-19-11-18-29(36)30(37)23-13-10-14-24(33)20-23/h5-20,30H,3-4,21H2,1-2H3,(H,34,39). The third-order valence-electron chi connectivity index (χ3n) is 7.37. The number of anilines is 1. The Kier molecular flexibility index (Phi) is 6.49. The fraction of sp³-hybridized carbons (Fsp3) is 0.188. The Hall–Kier alpha value is -4.65. The van der Waals surface area contributed by atoms with E-state index in [9.17, 15) is 9.18 Å². The number of hydrogen-bond donors (Lipinski definition) is 1. The average Bonchev–Trinajstić information content (AvgIpc) is 3.55. The first-order valence-electron chi connectivity index (χ1n) is 13.3. The summed E-state index contributed by atoms with van der Waals surface area (Å²) in [6, 6.07) is 27.6. The zero-order valence-electron chi connectivity index (χ0n) is 22.0. The second-order valence-corrected chi connectivity index (χ2v) is 9.68. The van der Waals surface area contributed by atoms with E-state index < -0.39 is 6.04 Å². The van der Waals surface area contributed by atoms with Gasteiger partial charge in [-0.3, -0.25) is 0 Å². The van der Waals surface area contributed by atoms with E-state index in [1.165, 1.54) is 12.1 Å². The van der Waals surface area contributed by atoms with Crippen molar-refractivity contribution in [3.8, 4) is 11.5 Å². The third-order valence-corrected chi connectivity index (χ3v) is 7.37. The highest BCUT2D eigenvalue weighted by atomic mass is 19.1. The Morgan fingerprint density at radius 3 is 2.51 bits per heavy atom. The van der Waals surface area contributed by atoms with E-state index in [-0.39, 0.29) is 11.8 Å². The Balaban J connectivity index is 1.56. The van der Waals surface area contributed by atoms with E-state index >= 15 is 0 Å². The number of hydrogen-bond acceptors (Lipinski definition) is 2. The summed E-state index contributed by atoms with van der Waals surface area (Å²) in [6.07, 6.45) is 3.49. The zero-order chi connectivity index (χ0) is 26.9. The van der Waals surface area contributed by atoms with Crippen LogP contribution in [0.4, 0.5) is 14.9 Å². The van der Waals surface area contributed by atoms with Crippen LogP contribution in [0, 0.1) is 5.82 Å². The van der Waals surface area contributed by atoms with Crippen molar-refractivity contribution >= 4 is 11.7 Å². The largest absolute Gasteiger partial charge is 0.322 e. The Labute approximate surface area is 227 Å². The smallest absolute Gasteiger partial charge is 0.308 e. The lowest BCUT2D eigenvalue weighted by Gasteiger charge is -2.31. The molecule has 2 aromatic heterocycles. The zero-order valence-corrected chi connectivity index (χ0v) is 22.0. The number of urea groups is 1. The number of para-hydroxylation sites is 2. The molecule has 6 rings (SSSR count). The molecule has 2 amide bonds. The predicted octanol–water partition coefficient (Wildman–Crippen LogP) is 7.06. The van der Waals surface area contributed by atoms with Gasteiger partial charge in [-0.05, 0) is 66.4 Å². The summed E-state index contributed by atoms with van der Waals surface area (Å²) in [5.74, 6) is 0.553. The molecule has 39 heavy (non-hydrogen) atoms. The number of fused-ring (bicyclic) bond motifs is 3. The molecule has 0 fully saturated rings. The van der Waals surface area contributed by atoms with Gasteiger partial charge >= 0.3 is 6.03 Å². The minimum Gasteiger partial charge on any atom is -0.308 e. The molecule has 1 aliphatic heterocycles. The van der Waals surface area contributed by atoms with Gasteiger partial charge in [0, 0.05) is 17.4 Å². The molecule has 196 valence electrons. The molecule has 1 N–H and O–H groups in total. The first kappa shape index (κ1) is 24.7. The van der Waals surface area contributed by atoms with E-state index in [1.807, 2.05) is 83.7 Å². The van der Waals surface area contributed by atoms with E-state index in [4.69, 9.17) is 5.10 Å². The molecule has 6 nitrogen and oxygen atoms in total. The van der Waals surface area contributed by atoms with Gasteiger partial charge in [-0.25, -0.2) is 13.9 Å². The first-order chi connectivity index (χ1) is 19.1. The Morgan fingerprint density at radius 2 is 1.74 bits per heavy atom. The molecule has 0 bridgehead atoms. The lowest BCUT2D eigenvalue weighted by Crippen LogP contribution is -2.38. The van der Waals surface area contributed by atoms with Gasteiger partial charge in [0.25, 0.3) is 0 Å². The van der Waals surface area contributed by atoms with Crippen LogP contribution in [0.25, 0.3) is 11.5 Å². The number of nitrogens with zero attached hydrogens (tertiary/aromatic N) is 4. The van der Waals surface area contributed by atoms with Gasteiger partial charge in [0.2, 0.25) is 0 Å². The van der Waals surface area contributed by atoms with E-state index in [0.29, 0.717) is 18.5 Å². The number of amides is 2. The van der Waals surface area contributed by atoms with Crippen molar-refractivity contribution in [1.29, 1.82) is 0 Å². The van der Waals surface area contributed by atoms with Crippen molar-refractivity contribution in [3.05, 3.63) is 131 Å². The number of nitrogens with one attached hydrogen (secondary N) is 1. The summed E-state index contributed by atoms with van der Waals surface area (Å²) >= 11 is 0. The van der Waals surface area contributed by atoms with Crippen LogP contribution in [0.3, 0.4) is 0 Å². The van der Waals surface area contributed by atoms with Crippen molar-refractivity contribution in [3.63, 3.8) is 0 Å². The second-order valence-electron chi connectivity index (χ2n) is 9.68. The molecule has 3 aromatic carbocycles. The summed E-state index contributed by atoms with van der Waals surface area (Å²) in [5.41, 5.74) is 6.22. The van der Waals surface area contributed by atoms with Crippen molar-refractivity contribution in [2.24, 2.45) is 0 Å². The van der Waals surface area contributed by atoms with Crippen molar-refractivity contribution in [2.75, 3.05) is 5.32 Å². The molecule has 1 aliphatic rings. The number of aromatic nitrogens is 3. The fourth-order valence-electron chi connectivity index (χ4n) is 5.51. The first-order valence-corrected chi connectivity index (χ1v) is 13.3. The summed E-state index contributed by atoms with van der Waals surface area (Å²) in [4.78, 5) is 16.0. The molecule has 0 saturated carbocycles. The molecule has 3 heterocycles. The SMILES string of the molecule is CCc1ccccc1NC(=O)N1Cc2c(CC)nn(-c3ccccc3)c2-n2cccc2C1c1cccc(F)c1. The maximum absolute atomic E-state index is 14.6. The molecule has 0 spiro atoms. The van der Waals surface area contributed by atoms with Crippen LogP contribution >= 0.6 is 0 Å². The van der Waals surface area contributed by atoms with E-state index in [1.54, 1.807) is 11.0 Å². The highest BCUT2D eigenvalue weighted by Crippen LogP contribution is 2.39. The van der Waals surface area contributed by atoms with Crippen LogP contribution in [-0.4, -0.2) is 25.3 Å². The summed E-state index contributed by atoms with van der Waals surface area (Å²) in [5, 5.41) is 8.16. The van der Waals surface area contributed by atoms with Gasteiger partial charge in [0.15, 0.2) is 0 Å². The number of carbonyl (C=O) groups is 1. The number of aryl methyl sites for hydroxylation is 2. The summed E-state index contributed by atoms with van der Waals surface area (Å²) < 4.78 is 18.6. The topological polar surface area (TPSA) is 55.1 Å². The lowest BCUT2D eigenvalue weighted by atomic mass is 10.0. The lowest BCUT2D eigenvalue weighted by molar-refractivity contribution is 0.194. The second kappa shape index (κ2) is 10.3. The third kappa shape index (κ3) is 4.40. The molecule has 5 aromatic rings. The van der Waals surface area contributed by atoms with Crippen LogP contribution in [-0.2, 0) is 19.4 Å². The molecule has 0 radical (unpaired) electrons.